The molecule has 2 aliphatic rings. The summed E-state index contributed by atoms with van der Waals surface area (Å²) in [4.78, 5) is 14.4. The van der Waals surface area contributed by atoms with Gasteiger partial charge in [-0.3, -0.25) is 4.79 Å². The number of carbonyl (C=O) groups is 1. The Bertz CT molecular complexity index is 273. The van der Waals surface area contributed by atoms with Crippen LogP contribution in [-0.2, 0) is 4.79 Å². The minimum absolute atomic E-state index is 0. The Morgan fingerprint density at radius 3 is 2.78 bits per heavy atom. The lowest BCUT2D eigenvalue weighted by atomic mass is 9.80. The van der Waals surface area contributed by atoms with Crippen LogP contribution in [0.4, 0.5) is 0 Å². The summed E-state index contributed by atoms with van der Waals surface area (Å²) in [7, 11) is 0. The average Bonchev–Trinajstić information content (AvgIpc) is 2.29. The van der Waals surface area contributed by atoms with Crippen molar-refractivity contribution in [3.8, 4) is 0 Å². The average molecular weight is 275 g/mol. The molecule has 0 radical (unpaired) electrons. The Kier molecular flexibility index (Phi) is 6.44. The highest BCUT2D eigenvalue weighted by molar-refractivity contribution is 5.85. The van der Waals surface area contributed by atoms with Crippen LogP contribution in [0.5, 0.6) is 0 Å². The third-order valence-electron chi connectivity index (χ3n) is 4.33. The summed E-state index contributed by atoms with van der Waals surface area (Å²) in [6, 6.07) is 0.372. The minimum atomic E-state index is 0. The van der Waals surface area contributed by atoms with Gasteiger partial charge >= 0.3 is 0 Å². The van der Waals surface area contributed by atoms with Crippen LogP contribution >= 0.6 is 12.4 Å². The normalized spacial score (nSPS) is 32.8. The number of nitrogens with one attached hydrogen (secondary N) is 1. The van der Waals surface area contributed by atoms with E-state index in [1.165, 1.54) is 25.7 Å². The van der Waals surface area contributed by atoms with Crippen molar-refractivity contribution in [1.29, 1.82) is 0 Å². The zero-order chi connectivity index (χ0) is 12.3. The monoisotopic (exact) mass is 274 g/mol. The molecule has 0 aromatic rings. The summed E-state index contributed by atoms with van der Waals surface area (Å²) in [6.07, 6.45) is 5.97. The molecule has 2 rings (SSSR count). The van der Waals surface area contributed by atoms with Crippen molar-refractivity contribution in [3.63, 3.8) is 0 Å². The van der Waals surface area contributed by atoms with E-state index in [0.717, 1.165) is 32.0 Å². The van der Waals surface area contributed by atoms with Crippen molar-refractivity contribution in [1.82, 2.24) is 10.2 Å². The summed E-state index contributed by atoms with van der Waals surface area (Å²) < 4.78 is 0. The highest BCUT2D eigenvalue weighted by Crippen LogP contribution is 2.31. The smallest absolute Gasteiger partial charge is 0.223 e. The maximum Gasteiger partial charge on any atom is 0.223 e. The second kappa shape index (κ2) is 7.34. The standard InChI is InChI=1S/C14H26N2O.ClH/c1-11-4-3-5-13(8-11)9-14(17)16-7-6-15-10-12(16)2;/h11-13,15H,3-10H2,1-2H3;1H/t11?,12-,13?;/m1./s1. The van der Waals surface area contributed by atoms with E-state index in [1.807, 2.05) is 0 Å². The van der Waals surface area contributed by atoms with Crippen molar-refractivity contribution in [2.45, 2.75) is 52.0 Å². The van der Waals surface area contributed by atoms with Gasteiger partial charge in [-0.05, 0) is 31.6 Å². The van der Waals surface area contributed by atoms with E-state index in [-0.39, 0.29) is 12.4 Å². The fourth-order valence-corrected chi connectivity index (χ4v) is 3.32. The van der Waals surface area contributed by atoms with E-state index in [2.05, 4.69) is 24.1 Å². The minimum Gasteiger partial charge on any atom is -0.337 e. The molecule has 0 spiro atoms. The summed E-state index contributed by atoms with van der Waals surface area (Å²) in [6.45, 7) is 7.27. The predicted octanol–water partition coefficient (Wildman–Crippen LogP) is 2.44. The fourth-order valence-electron chi connectivity index (χ4n) is 3.32. The molecule has 2 unspecified atom stereocenters. The first-order valence-corrected chi connectivity index (χ1v) is 7.17. The third kappa shape index (κ3) is 4.13. The van der Waals surface area contributed by atoms with Gasteiger partial charge in [-0.25, -0.2) is 0 Å². The number of nitrogens with zero attached hydrogens (tertiary/aromatic N) is 1. The highest BCUT2D eigenvalue weighted by Gasteiger charge is 2.27. The Labute approximate surface area is 117 Å². The molecule has 1 amide bonds. The molecule has 0 aromatic carbocycles. The lowest BCUT2D eigenvalue weighted by Crippen LogP contribution is -2.52. The number of rotatable bonds is 2. The number of hydrogen-bond donors (Lipinski definition) is 1. The molecular formula is C14H27ClN2O. The van der Waals surface area contributed by atoms with E-state index < -0.39 is 0 Å². The van der Waals surface area contributed by atoms with Crippen molar-refractivity contribution in [2.24, 2.45) is 11.8 Å². The quantitative estimate of drug-likeness (QED) is 0.839. The van der Waals surface area contributed by atoms with Crippen LogP contribution in [0.15, 0.2) is 0 Å². The largest absolute Gasteiger partial charge is 0.337 e. The topological polar surface area (TPSA) is 32.3 Å². The van der Waals surface area contributed by atoms with Gasteiger partial charge in [0.05, 0.1) is 0 Å². The second-order valence-electron chi connectivity index (χ2n) is 5.98. The van der Waals surface area contributed by atoms with Gasteiger partial charge in [0.15, 0.2) is 0 Å². The molecule has 0 bridgehead atoms. The molecular weight excluding hydrogens is 248 g/mol. The Morgan fingerprint density at radius 1 is 1.33 bits per heavy atom. The number of piperazine rings is 1. The van der Waals surface area contributed by atoms with Gasteiger partial charge in [0.25, 0.3) is 0 Å². The van der Waals surface area contributed by atoms with E-state index in [9.17, 15) is 4.79 Å². The lowest BCUT2D eigenvalue weighted by molar-refractivity contribution is -0.135. The molecule has 1 saturated heterocycles. The Morgan fingerprint density at radius 2 is 2.11 bits per heavy atom. The Hall–Kier alpha value is -0.280. The number of amides is 1. The third-order valence-corrected chi connectivity index (χ3v) is 4.33. The molecule has 2 fully saturated rings. The number of hydrogen-bond acceptors (Lipinski definition) is 2. The summed E-state index contributed by atoms with van der Waals surface area (Å²) >= 11 is 0. The first-order valence-electron chi connectivity index (χ1n) is 7.17. The number of carbonyl (C=O) groups excluding carboxylic acids is 1. The molecule has 1 saturated carbocycles. The van der Waals surface area contributed by atoms with Crippen molar-refractivity contribution >= 4 is 18.3 Å². The maximum absolute atomic E-state index is 12.3. The van der Waals surface area contributed by atoms with Gasteiger partial charge in [-0.15, -0.1) is 12.4 Å². The molecule has 3 atom stereocenters. The molecule has 1 aliphatic heterocycles. The zero-order valence-electron chi connectivity index (χ0n) is 11.7. The van der Waals surface area contributed by atoms with Crippen LogP contribution in [0.25, 0.3) is 0 Å². The number of halogens is 1. The second-order valence-corrected chi connectivity index (χ2v) is 5.98. The van der Waals surface area contributed by atoms with Crippen LogP contribution in [0.3, 0.4) is 0 Å². The van der Waals surface area contributed by atoms with E-state index >= 15 is 0 Å². The van der Waals surface area contributed by atoms with Gasteiger partial charge in [0.2, 0.25) is 5.91 Å². The van der Waals surface area contributed by atoms with Gasteiger partial charge < -0.3 is 10.2 Å². The molecule has 0 aromatic heterocycles. The summed E-state index contributed by atoms with van der Waals surface area (Å²) in [5, 5.41) is 3.34. The molecule has 106 valence electrons. The maximum atomic E-state index is 12.3. The van der Waals surface area contributed by atoms with Crippen molar-refractivity contribution in [2.75, 3.05) is 19.6 Å². The molecule has 3 nitrogen and oxygen atoms in total. The van der Waals surface area contributed by atoms with Crippen molar-refractivity contribution < 1.29 is 4.79 Å². The van der Waals surface area contributed by atoms with E-state index in [4.69, 9.17) is 0 Å². The van der Waals surface area contributed by atoms with E-state index in [0.29, 0.717) is 17.9 Å². The fraction of sp³-hybridized carbons (Fsp3) is 0.929. The van der Waals surface area contributed by atoms with Gasteiger partial charge in [0, 0.05) is 32.1 Å². The first kappa shape index (κ1) is 15.8. The van der Waals surface area contributed by atoms with Gasteiger partial charge in [-0.2, -0.15) is 0 Å². The first-order chi connectivity index (χ1) is 8.16. The molecule has 18 heavy (non-hydrogen) atoms. The van der Waals surface area contributed by atoms with Crippen LogP contribution in [0.1, 0.15) is 46.0 Å². The van der Waals surface area contributed by atoms with Gasteiger partial charge in [-0.1, -0.05) is 19.8 Å². The molecule has 1 heterocycles. The predicted molar refractivity (Wildman–Crippen MR) is 77.0 cm³/mol. The molecule has 1 aliphatic carbocycles. The van der Waals surface area contributed by atoms with Crippen LogP contribution in [0.2, 0.25) is 0 Å². The zero-order valence-corrected chi connectivity index (χ0v) is 12.5. The lowest BCUT2D eigenvalue weighted by Gasteiger charge is -2.36. The van der Waals surface area contributed by atoms with Crippen LogP contribution in [-0.4, -0.2) is 36.5 Å². The Balaban J connectivity index is 0.00000162. The van der Waals surface area contributed by atoms with Crippen LogP contribution in [0, 0.1) is 11.8 Å². The molecule has 1 N–H and O–H groups in total. The summed E-state index contributed by atoms with van der Waals surface area (Å²) in [5.41, 5.74) is 0. The summed E-state index contributed by atoms with van der Waals surface area (Å²) in [5.74, 6) is 1.86. The van der Waals surface area contributed by atoms with Crippen LogP contribution < -0.4 is 5.32 Å². The van der Waals surface area contributed by atoms with Gasteiger partial charge in [0.1, 0.15) is 0 Å². The van der Waals surface area contributed by atoms with E-state index in [1.54, 1.807) is 0 Å². The SMILES string of the molecule is CC1CCCC(CC(=O)N2CCNC[C@H]2C)C1.Cl. The molecule has 4 heteroatoms. The highest BCUT2D eigenvalue weighted by atomic mass is 35.5. The van der Waals surface area contributed by atoms with Crippen molar-refractivity contribution in [3.05, 3.63) is 0 Å².